The third-order valence-corrected chi connectivity index (χ3v) is 5.34. The predicted molar refractivity (Wildman–Crippen MR) is 97.2 cm³/mol. The second-order valence-electron chi connectivity index (χ2n) is 6.90. The average Bonchev–Trinajstić information content (AvgIpc) is 3.05. The molecule has 1 aliphatic carbocycles. The number of fused-ring (bicyclic) bond motifs is 2. The minimum atomic E-state index is -0.174. The van der Waals surface area contributed by atoms with Crippen molar-refractivity contribution in [2.45, 2.75) is 44.7 Å². The fraction of sp³-hybridized carbons (Fsp3) is 0.381. The minimum Gasteiger partial charge on any atom is -0.310 e. The van der Waals surface area contributed by atoms with E-state index in [2.05, 4.69) is 41.7 Å². The maximum absolute atomic E-state index is 13.0. The molecule has 0 unspecified atom stereocenters. The average molecular weight is 320 g/mol. The van der Waals surface area contributed by atoms with Crippen LogP contribution in [0.4, 0.5) is 5.69 Å². The van der Waals surface area contributed by atoms with E-state index in [4.69, 9.17) is 0 Å². The fourth-order valence-corrected chi connectivity index (χ4v) is 4.10. The summed E-state index contributed by atoms with van der Waals surface area (Å²) in [5.74, 6) is 0.183. The maximum atomic E-state index is 13.0. The van der Waals surface area contributed by atoms with Gasteiger partial charge in [-0.3, -0.25) is 10.1 Å². The standard InChI is InChI=1S/C21H24N2O/c1-15(21(24)23-14-13-17-8-3-5-12-20(17)23)22-19-11-6-9-16-7-2-4-10-18(16)19/h2-5,7-8,10,12,15,19,22H,6,9,11,13-14H2,1H3/t15-,19-/m0/s1. The smallest absolute Gasteiger partial charge is 0.243 e. The van der Waals surface area contributed by atoms with Gasteiger partial charge >= 0.3 is 0 Å². The fourth-order valence-electron chi connectivity index (χ4n) is 4.10. The van der Waals surface area contributed by atoms with Crippen molar-refractivity contribution in [3.05, 3.63) is 65.2 Å². The van der Waals surface area contributed by atoms with E-state index in [0.717, 1.165) is 31.5 Å². The van der Waals surface area contributed by atoms with E-state index in [0.29, 0.717) is 0 Å². The second-order valence-corrected chi connectivity index (χ2v) is 6.90. The van der Waals surface area contributed by atoms with Gasteiger partial charge in [-0.05, 0) is 55.4 Å². The van der Waals surface area contributed by atoms with Crippen molar-refractivity contribution in [3.8, 4) is 0 Å². The number of rotatable bonds is 3. The molecule has 0 fully saturated rings. The van der Waals surface area contributed by atoms with Gasteiger partial charge in [0, 0.05) is 18.3 Å². The first-order valence-corrected chi connectivity index (χ1v) is 8.97. The molecule has 24 heavy (non-hydrogen) atoms. The van der Waals surface area contributed by atoms with Crippen molar-refractivity contribution in [1.82, 2.24) is 5.32 Å². The highest BCUT2D eigenvalue weighted by Crippen LogP contribution is 2.31. The van der Waals surface area contributed by atoms with Crippen LogP contribution in [0.25, 0.3) is 0 Å². The number of nitrogens with zero attached hydrogens (tertiary/aromatic N) is 1. The first-order chi connectivity index (χ1) is 11.7. The number of anilines is 1. The molecule has 2 aliphatic rings. The topological polar surface area (TPSA) is 32.3 Å². The summed E-state index contributed by atoms with van der Waals surface area (Å²) in [5.41, 5.74) is 5.15. The molecule has 1 amide bonds. The first-order valence-electron chi connectivity index (χ1n) is 8.97. The molecule has 0 bridgehead atoms. The van der Waals surface area contributed by atoms with E-state index in [1.807, 2.05) is 24.0 Å². The van der Waals surface area contributed by atoms with Crippen LogP contribution >= 0.6 is 0 Å². The number of hydrogen-bond donors (Lipinski definition) is 1. The van der Waals surface area contributed by atoms with E-state index in [-0.39, 0.29) is 18.0 Å². The Labute approximate surface area is 143 Å². The molecule has 3 heteroatoms. The van der Waals surface area contributed by atoms with Crippen LogP contribution in [-0.2, 0) is 17.6 Å². The lowest BCUT2D eigenvalue weighted by atomic mass is 9.87. The summed E-state index contributed by atoms with van der Waals surface area (Å²) in [6.45, 7) is 2.80. The Morgan fingerprint density at radius 3 is 2.71 bits per heavy atom. The summed E-state index contributed by atoms with van der Waals surface area (Å²) in [7, 11) is 0. The van der Waals surface area contributed by atoms with Crippen molar-refractivity contribution in [3.63, 3.8) is 0 Å². The minimum absolute atomic E-state index is 0.174. The van der Waals surface area contributed by atoms with Gasteiger partial charge in [-0.1, -0.05) is 42.5 Å². The number of carbonyl (C=O) groups excluding carboxylic acids is 1. The van der Waals surface area contributed by atoms with Crippen LogP contribution < -0.4 is 10.2 Å². The SMILES string of the molecule is C[C@H](N[C@H]1CCCc2ccccc21)C(=O)N1CCc2ccccc21. The molecule has 0 spiro atoms. The van der Waals surface area contributed by atoms with Gasteiger partial charge in [0.05, 0.1) is 6.04 Å². The van der Waals surface area contributed by atoms with E-state index >= 15 is 0 Å². The van der Waals surface area contributed by atoms with Crippen molar-refractivity contribution < 1.29 is 4.79 Å². The maximum Gasteiger partial charge on any atom is 0.243 e. The number of aryl methyl sites for hydroxylation is 1. The van der Waals surface area contributed by atoms with Gasteiger partial charge in [-0.25, -0.2) is 0 Å². The molecular weight excluding hydrogens is 296 g/mol. The lowest BCUT2D eigenvalue weighted by Crippen LogP contribution is -2.46. The zero-order chi connectivity index (χ0) is 16.5. The Balaban J connectivity index is 1.50. The molecule has 4 rings (SSSR count). The number of carbonyl (C=O) groups is 1. The lowest BCUT2D eigenvalue weighted by molar-refractivity contribution is -0.120. The molecule has 2 aromatic rings. The Bertz CT molecular complexity index is 755. The Kier molecular flexibility index (Phi) is 4.11. The van der Waals surface area contributed by atoms with Crippen LogP contribution in [0.1, 0.15) is 42.5 Å². The molecular formula is C21H24N2O. The van der Waals surface area contributed by atoms with Crippen LogP contribution in [0.15, 0.2) is 48.5 Å². The summed E-state index contributed by atoms with van der Waals surface area (Å²) in [5, 5.41) is 3.59. The third-order valence-electron chi connectivity index (χ3n) is 5.34. The number of benzene rings is 2. The summed E-state index contributed by atoms with van der Waals surface area (Å²) < 4.78 is 0. The van der Waals surface area contributed by atoms with Gasteiger partial charge in [0.1, 0.15) is 0 Å². The number of nitrogens with one attached hydrogen (secondary N) is 1. The third kappa shape index (κ3) is 2.73. The van der Waals surface area contributed by atoms with Gasteiger partial charge in [0.15, 0.2) is 0 Å². The molecule has 1 aliphatic heterocycles. The zero-order valence-electron chi connectivity index (χ0n) is 14.2. The van der Waals surface area contributed by atoms with Crippen molar-refractivity contribution >= 4 is 11.6 Å². The molecule has 2 atom stereocenters. The van der Waals surface area contributed by atoms with Crippen LogP contribution in [0, 0.1) is 0 Å². The van der Waals surface area contributed by atoms with Gasteiger partial charge in [-0.2, -0.15) is 0 Å². The molecule has 0 saturated carbocycles. The zero-order valence-corrected chi connectivity index (χ0v) is 14.2. The lowest BCUT2D eigenvalue weighted by Gasteiger charge is -2.30. The molecule has 0 saturated heterocycles. The van der Waals surface area contributed by atoms with Gasteiger partial charge in [0.25, 0.3) is 0 Å². The summed E-state index contributed by atoms with van der Waals surface area (Å²) in [6.07, 6.45) is 4.39. The van der Waals surface area contributed by atoms with E-state index < -0.39 is 0 Å². The largest absolute Gasteiger partial charge is 0.310 e. The number of hydrogen-bond acceptors (Lipinski definition) is 2. The highest BCUT2D eigenvalue weighted by molar-refractivity contribution is 5.98. The van der Waals surface area contributed by atoms with Crippen LogP contribution in [-0.4, -0.2) is 18.5 Å². The number of amides is 1. The summed E-state index contributed by atoms with van der Waals surface area (Å²) in [6, 6.07) is 17.0. The molecule has 3 nitrogen and oxygen atoms in total. The molecule has 2 aromatic carbocycles. The van der Waals surface area contributed by atoms with E-state index in [1.54, 1.807) is 0 Å². The predicted octanol–water partition coefficient (Wildman–Crippen LogP) is 3.63. The summed E-state index contributed by atoms with van der Waals surface area (Å²) >= 11 is 0. The van der Waals surface area contributed by atoms with Crippen LogP contribution in [0.2, 0.25) is 0 Å². The molecule has 0 aromatic heterocycles. The van der Waals surface area contributed by atoms with Crippen molar-refractivity contribution in [2.24, 2.45) is 0 Å². The van der Waals surface area contributed by atoms with Crippen LogP contribution in [0.3, 0.4) is 0 Å². The van der Waals surface area contributed by atoms with Crippen molar-refractivity contribution in [2.75, 3.05) is 11.4 Å². The normalized spacial score (nSPS) is 20.4. The summed E-state index contributed by atoms with van der Waals surface area (Å²) in [4.78, 5) is 14.9. The highest BCUT2D eigenvalue weighted by Gasteiger charge is 2.30. The van der Waals surface area contributed by atoms with E-state index in [9.17, 15) is 4.79 Å². The Morgan fingerprint density at radius 2 is 1.83 bits per heavy atom. The van der Waals surface area contributed by atoms with Gasteiger partial charge < -0.3 is 4.90 Å². The molecule has 1 N–H and O–H groups in total. The molecule has 124 valence electrons. The first kappa shape index (κ1) is 15.4. The van der Waals surface area contributed by atoms with E-state index in [1.165, 1.54) is 23.1 Å². The Morgan fingerprint density at radius 1 is 1.08 bits per heavy atom. The monoisotopic (exact) mass is 320 g/mol. The second kappa shape index (κ2) is 6.40. The molecule has 0 radical (unpaired) electrons. The van der Waals surface area contributed by atoms with Crippen LogP contribution in [0.5, 0.6) is 0 Å². The van der Waals surface area contributed by atoms with Gasteiger partial charge in [-0.15, -0.1) is 0 Å². The van der Waals surface area contributed by atoms with Crippen molar-refractivity contribution in [1.29, 1.82) is 0 Å². The molecule has 1 heterocycles. The van der Waals surface area contributed by atoms with Gasteiger partial charge in [0.2, 0.25) is 5.91 Å². The Hall–Kier alpha value is -2.13. The number of para-hydroxylation sites is 1. The highest BCUT2D eigenvalue weighted by atomic mass is 16.2. The quantitative estimate of drug-likeness (QED) is 0.936.